The molecule has 3 aromatic rings. The molecule has 0 unspecified atom stereocenters. The van der Waals surface area contributed by atoms with Crippen molar-refractivity contribution in [3.8, 4) is 11.6 Å². The van der Waals surface area contributed by atoms with Crippen LogP contribution in [0.25, 0.3) is 0 Å². The molecule has 0 aromatic carbocycles. The molecule has 2 atom stereocenters. The zero-order valence-corrected chi connectivity index (χ0v) is 28.2. The quantitative estimate of drug-likeness (QED) is 0.276. The van der Waals surface area contributed by atoms with Crippen LogP contribution >= 0.6 is 0 Å². The van der Waals surface area contributed by atoms with Gasteiger partial charge >= 0.3 is 6.18 Å². The average Bonchev–Trinajstić information content (AvgIpc) is 3.04. The number of methoxy groups -OCH3 is 1. The van der Waals surface area contributed by atoms with Crippen molar-refractivity contribution in [3.63, 3.8) is 0 Å². The Hall–Kier alpha value is -5.29. The lowest BCUT2D eigenvalue weighted by Crippen LogP contribution is -2.78. The number of alkyl halides is 3. The van der Waals surface area contributed by atoms with Crippen LogP contribution in [0.15, 0.2) is 39.7 Å². The molecular weight excluding hydrogens is 673 g/mol. The van der Waals surface area contributed by atoms with E-state index in [1.807, 2.05) is 11.8 Å². The maximum atomic E-state index is 14.2. The number of nitrogens with two attached hydrogens (primary N) is 1. The minimum atomic E-state index is -4.33. The van der Waals surface area contributed by atoms with Crippen LogP contribution in [0.4, 0.5) is 36.1 Å². The lowest BCUT2D eigenvalue weighted by atomic mass is 9.39. The zero-order chi connectivity index (χ0) is 36.5. The van der Waals surface area contributed by atoms with E-state index in [9.17, 15) is 32.7 Å². The highest BCUT2D eigenvalue weighted by atomic mass is 19.4. The van der Waals surface area contributed by atoms with Crippen LogP contribution in [0.3, 0.4) is 0 Å². The number of pyridine rings is 2. The summed E-state index contributed by atoms with van der Waals surface area (Å²) in [4.78, 5) is 56.9. The van der Waals surface area contributed by atoms with E-state index in [1.54, 1.807) is 17.9 Å². The number of aromatic hydroxyl groups is 1. The van der Waals surface area contributed by atoms with Crippen molar-refractivity contribution in [2.45, 2.75) is 82.7 Å². The number of nitrogens with zero attached hydrogens (tertiary/aromatic N) is 8. The number of anilines is 2. The van der Waals surface area contributed by atoms with Crippen LogP contribution in [0.5, 0.6) is 11.6 Å². The number of carbonyl (C=O) groups excluding carboxylic acids is 2. The number of hydrogen-bond donors (Lipinski definition) is 3. The molecule has 4 saturated carbocycles. The van der Waals surface area contributed by atoms with Gasteiger partial charge in [-0.1, -0.05) is 6.92 Å². The molecule has 1 saturated heterocycles. The van der Waals surface area contributed by atoms with E-state index in [4.69, 9.17) is 10.5 Å². The predicted molar refractivity (Wildman–Crippen MR) is 176 cm³/mol. The zero-order valence-electron chi connectivity index (χ0n) is 28.2. The number of rotatable bonds is 9. The molecule has 270 valence electrons. The summed E-state index contributed by atoms with van der Waals surface area (Å²) in [6, 6.07) is 2.51. The third-order valence-electron chi connectivity index (χ3n) is 10.8. The Morgan fingerprint density at radius 3 is 2.51 bits per heavy atom. The number of azo groups is 1. The number of halogens is 3. The van der Waals surface area contributed by atoms with E-state index in [2.05, 4.69) is 30.5 Å². The summed E-state index contributed by atoms with van der Waals surface area (Å²) < 4.78 is 47.2. The second kappa shape index (κ2) is 12.2. The minimum Gasteiger partial charge on any atom is -0.504 e. The number of amides is 2. The standard InChI is InChI=1S/C33H37F3N10O5/c1-4-19-26(44-9-10-45(21-6-5-20(21)44)30(50)25-27(48)17(2)39-16-40-25)28(49)24(37)29(43-42-18-7-8-38-23(11-18)51-3)46(19)12-22(47)41-32-13-31(14-32,15-32)33(34,35)36/h7-8,11,16,20-21,48H,4-6,9-10,12-15,37H2,1-3H3,(H,41,47)/t20-,21-,31?,32?/m0/s1. The summed E-state index contributed by atoms with van der Waals surface area (Å²) in [5, 5.41) is 21.9. The van der Waals surface area contributed by atoms with Crippen LogP contribution in [0.2, 0.25) is 0 Å². The number of hydrogen-bond acceptors (Lipinski definition) is 12. The highest BCUT2D eigenvalue weighted by Crippen LogP contribution is 2.73. The minimum absolute atomic E-state index is 0.0792. The van der Waals surface area contributed by atoms with Crippen LogP contribution in [-0.4, -0.2) is 85.3 Å². The number of nitrogen functional groups attached to an aromatic ring is 1. The SMILES string of the molecule is CCc1c(N2CCN(C(=O)c3ncnc(C)c3O)[C@H]3CC[C@@H]32)c(=O)c(N)c(N=Nc2ccnc(OC)c2)n1CC(=O)NC12CC(C(F)(F)F)(C1)C2. The molecule has 3 aromatic heterocycles. The van der Waals surface area contributed by atoms with Gasteiger partial charge in [-0.3, -0.25) is 14.4 Å². The average molecular weight is 711 g/mol. The largest absolute Gasteiger partial charge is 0.504 e. The fourth-order valence-corrected chi connectivity index (χ4v) is 8.10. The van der Waals surface area contributed by atoms with Crippen molar-refractivity contribution >= 4 is 34.7 Å². The molecule has 15 nitrogen and oxygen atoms in total. The van der Waals surface area contributed by atoms with Gasteiger partial charge in [-0.15, -0.1) is 10.2 Å². The van der Waals surface area contributed by atoms with E-state index < -0.39 is 34.4 Å². The van der Waals surface area contributed by atoms with E-state index in [-0.39, 0.29) is 97.6 Å². The van der Waals surface area contributed by atoms with Gasteiger partial charge in [-0.05, 0) is 51.5 Å². The number of piperazine rings is 1. The smallest absolute Gasteiger partial charge is 0.394 e. The van der Waals surface area contributed by atoms with E-state index in [0.29, 0.717) is 24.2 Å². The van der Waals surface area contributed by atoms with Gasteiger partial charge in [0.2, 0.25) is 17.2 Å². The number of aromatic nitrogens is 4. The molecule has 1 aliphatic heterocycles. The molecule has 0 radical (unpaired) electrons. The molecular formula is C33H37F3N10O5. The lowest BCUT2D eigenvalue weighted by molar-refractivity contribution is -0.337. The van der Waals surface area contributed by atoms with E-state index >= 15 is 0 Å². The Kier molecular flexibility index (Phi) is 8.17. The summed E-state index contributed by atoms with van der Waals surface area (Å²) in [6.07, 6.45) is -0.624. The van der Waals surface area contributed by atoms with Crippen LogP contribution < -0.4 is 26.1 Å². The van der Waals surface area contributed by atoms with Crippen molar-refractivity contribution < 1.29 is 32.6 Å². The molecule has 5 fully saturated rings. The summed E-state index contributed by atoms with van der Waals surface area (Å²) in [5.74, 6) is -1.09. The number of carbonyl (C=O) groups is 2. The molecule has 4 heterocycles. The molecule has 2 amide bonds. The first-order chi connectivity index (χ1) is 24.2. The fraction of sp³-hybridized carbons (Fsp3) is 0.515. The van der Waals surface area contributed by atoms with Crippen molar-refractivity contribution in [1.29, 1.82) is 0 Å². The maximum Gasteiger partial charge on any atom is 0.394 e. The Labute approximate surface area is 289 Å². The monoisotopic (exact) mass is 710 g/mol. The van der Waals surface area contributed by atoms with Gasteiger partial charge in [0.1, 0.15) is 24.2 Å². The summed E-state index contributed by atoms with van der Waals surface area (Å²) in [6.45, 7) is 3.45. The molecule has 4 aliphatic carbocycles. The molecule has 4 N–H and O–H groups in total. The van der Waals surface area contributed by atoms with Gasteiger partial charge in [0.15, 0.2) is 17.3 Å². The molecule has 5 aliphatic rings. The van der Waals surface area contributed by atoms with Gasteiger partial charge < -0.3 is 35.3 Å². The van der Waals surface area contributed by atoms with Crippen molar-refractivity contribution in [2.75, 3.05) is 30.8 Å². The first kappa shape index (κ1) is 34.2. The second-order valence-electron chi connectivity index (χ2n) is 13.8. The molecule has 2 bridgehead atoms. The highest BCUT2D eigenvalue weighted by Gasteiger charge is 2.79. The van der Waals surface area contributed by atoms with Crippen LogP contribution in [0, 0.1) is 12.3 Å². The predicted octanol–water partition coefficient (Wildman–Crippen LogP) is 3.71. The van der Waals surface area contributed by atoms with E-state index in [1.165, 1.54) is 30.3 Å². The van der Waals surface area contributed by atoms with Crippen LogP contribution in [0.1, 0.15) is 60.9 Å². The van der Waals surface area contributed by atoms with E-state index in [0.717, 1.165) is 0 Å². The second-order valence-corrected chi connectivity index (χ2v) is 13.8. The highest BCUT2D eigenvalue weighted by molar-refractivity contribution is 5.95. The van der Waals surface area contributed by atoms with Crippen molar-refractivity contribution in [1.82, 2.24) is 29.7 Å². The Morgan fingerprint density at radius 1 is 1.14 bits per heavy atom. The number of fused-ring (bicyclic) bond motifs is 1. The first-order valence-corrected chi connectivity index (χ1v) is 16.6. The number of aryl methyl sites for hydroxylation is 1. The molecule has 18 heteroatoms. The van der Waals surface area contributed by atoms with Gasteiger partial charge in [-0.25, -0.2) is 15.0 Å². The summed E-state index contributed by atoms with van der Waals surface area (Å²) in [7, 11) is 1.44. The molecule has 51 heavy (non-hydrogen) atoms. The van der Waals surface area contributed by atoms with Gasteiger partial charge in [-0.2, -0.15) is 13.2 Å². The molecule has 8 rings (SSSR count). The summed E-state index contributed by atoms with van der Waals surface area (Å²) in [5.41, 5.74) is 4.26. The van der Waals surface area contributed by atoms with Crippen molar-refractivity contribution in [3.05, 3.63) is 52.0 Å². The fourth-order valence-electron chi connectivity index (χ4n) is 8.10. The maximum absolute atomic E-state index is 14.2. The molecule has 0 spiro atoms. The normalized spacial score (nSPS) is 25.1. The number of nitrogens with one attached hydrogen (secondary N) is 1. The van der Waals surface area contributed by atoms with Gasteiger partial charge in [0, 0.05) is 42.6 Å². The Bertz CT molecular complexity index is 2000. The Balaban J connectivity index is 1.23. The van der Waals surface area contributed by atoms with Crippen molar-refractivity contribution in [2.24, 2.45) is 15.6 Å². The summed E-state index contributed by atoms with van der Waals surface area (Å²) >= 11 is 0. The first-order valence-electron chi connectivity index (χ1n) is 16.6. The topological polar surface area (TPSA) is 194 Å². The van der Waals surface area contributed by atoms with Gasteiger partial charge in [0.05, 0.1) is 29.9 Å². The Morgan fingerprint density at radius 2 is 1.86 bits per heavy atom. The third kappa shape index (κ3) is 5.51. The number of ether oxygens (including phenoxy) is 1. The lowest BCUT2D eigenvalue weighted by Gasteiger charge is -2.70. The van der Waals surface area contributed by atoms with Crippen LogP contribution in [-0.2, 0) is 17.8 Å². The van der Waals surface area contributed by atoms with Gasteiger partial charge in [0.25, 0.3) is 5.91 Å². The third-order valence-corrected chi connectivity index (χ3v) is 10.8.